The fraction of sp³-hybridized carbons (Fsp3) is 0.375. The van der Waals surface area contributed by atoms with E-state index in [0.717, 1.165) is 0 Å². The lowest BCUT2D eigenvalue weighted by molar-refractivity contribution is -0.123. The number of allylic oxidation sites excluding steroid dienone is 2. The zero-order valence-corrected chi connectivity index (χ0v) is 6.36. The summed E-state index contributed by atoms with van der Waals surface area (Å²) in [5.74, 6) is -0.664. The van der Waals surface area contributed by atoms with Crippen LogP contribution in [0.3, 0.4) is 0 Å². The fourth-order valence-electron chi connectivity index (χ4n) is 1.07. The maximum atomic E-state index is 10.8. The third-order valence-corrected chi connectivity index (χ3v) is 1.68. The van der Waals surface area contributed by atoms with Crippen molar-refractivity contribution in [3.63, 3.8) is 0 Å². The molecule has 2 N–H and O–H groups in total. The summed E-state index contributed by atoms with van der Waals surface area (Å²) in [7, 11) is 1.56. The van der Waals surface area contributed by atoms with Gasteiger partial charge in [-0.05, 0) is 0 Å². The number of ether oxygens (including phenoxy) is 1. The lowest BCUT2D eigenvalue weighted by atomic mass is 9.97. The van der Waals surface area contributed by atoms with E-state index in [4.69, 9.17) is 10.5 Å². The minimum absolute atomic E-state index is 0.197. The number of primary amides is 1. The molecule has 0 aromatic rings. The summed E-state index contributed by atoms with van der Waals surface area (Å²) in [5.41, 5.74) is 5.13. The van der Waals surface area contributed by atoms with Gasteiger partial charge >= 0.3 is 0 Å². The van der Waals surface area contributed by atoms with Crippen molar-refractivity contribution < 1.29 is 9.53 Å². The number of carbonyl (C=O) groups is 1. The second-order valence-electron chi connectivity index (χ2n) is 2.40. The third kappa shape index (κ3) is 1.68. The standard InChI is InChI=1S/C8H11NO2/c1-11-7-5-3-2-4-6(7)8(9)10/h2-7H,1H3,(H2,9,10). The first-order chi connectivity index (χ1) is 5.25. The summed E-state index contributed by atoms with van der Waals surface area (Å²) in [4.78, 5) is 10.8. The Hall–Kier alpha value is -1.09. The van der Waals surface area contributed by atoms with Crippen molar-refractivity contribution in [2.45, 2.75) is 6.10 Å². The van der Waals surface area contributed by atoms with Gasteiger partial charge in [-0.1, -0.05) is 24.3 Å². The third-order valence-electron chi connectivity index (χ3n) is 1.68. The van der Waals surface area contributed by atoms with E-state index in [2.05, 4.69) is 0 Å². The van der Waals surface area contributed by atoms with Gasteiger partial charge < -0.3 is 10.5 Å². The molecule has 0 aliphatic heterocycles. The molecule has 60 valence electrons. The van der Waals surface area contributed by atoms with E-state index in [9.17, 15) is 4.79 Å². The second kappa shape index (κ2) is 3.34. The number of carbonyl (C=O) groups excluding carboxylic acids is 1. The monoisotopic (exact) mass is 153 g/mol. The van der Waals surface area contributed by atoms with Crippen LogP contribution in [0.2, 0.25) is 0 Å². The number of methoxy groups -OCH3 is 1. The minimum atomic E-state index is -0.350. The van der Waals surface area contributed by atoms with Crippen LogP contribution >= 0.6 is 0 Å². The number of amides is 1. The van der Waals surface area contributed by atoms with Crippen LogP contribution in [0.1, 0.15) is 0 Å². The van der Waals surface area contributed by atoms with Crippen LogP contribution in [-0.2, 0) is 9.53 Å². The van der Waals surface area contributed by atoms with Crippen LogP contribution in [-0.4, -0.2) is 19.1 Å². The van der Waals surface area contributed by atoms with E-state index >= 15 is 0 Å². The normalized spacial score (nSPS) is 28.8. The molecule has 2 unspecified atom stereocenters. The first-order valence-electron chi connectivity index (χ1n) is 3.43. The maximum Gasteiger partial charge on any atom is 0.227 e. The molecule has 2 atom stereocenters. The molecule has 0 saturated carbocycles. The van der Waals surface area contributed by atoms with Crippen molar-refractivity contribution in [2.24, 2.45) is 11.7 Å². The Balaban J connectivity index is 2.70. The Morgan fingerprint density at radius 1 is 1.45 bits per heavy atom. The van der Waals surface area contributed by atoms with Crippen LogP contribution in [0.4, 0.5) is 0 Å². The fourth-order valence-corrected chi connectivity index (χ4v) is 1.07. The molecule has 0 radical (unpaired) electrons. The molecule has 0 bridgehead atoms. The number of nitrogens with two attached hydrogens (primary N) is 1. The van der Waals surface area contributed by atoms with Gasteiger partial charge in [0.1, 0.15) is 0 Å². The van der Waals surface area contributed by atoms with Crippen molar-refractivity contribution in [1.82, 2.24) is 0 Å². The van der Waals surface area contributed by atoms with Crippen molar-refractivity contribution >= 4 is 5.91 Å². The predicted molar refractivity (Wildman–Crippen MR) is 41.8 cm³/mol. The lowest BCUT2D eigenvalue weighted by Gasteiger charge is -2.19. The second-order valence-corrected chi connectivity index (χ2v) is 2.40. The minimum Gasteiger partial charge on any atom is -0.376 e. The Labute approximate surface area is 65.5 Å². The maximum absolute atomic E-state index is 10.8. The Kier molecular flexibility index (Phi) is 2.44. The van der Waals surface area contributed by atoms with E-state index < -0.39 is 0 Å². The molecule has 1 amide bonds. The molecule has 0 fully saturated rings. The molecule has 0 heterocycles. The van der Waals surface area contributed by atoms with Gasteiger partial charge in [-0.3, -0.25) is 4.79 Å². The number of hydrogen-bond donors (Lipinski definition) is 1. The smallest absolute Gasteiger partial charge is 0.227 e. The lowest BCUT2D eigenvalue weighted by Crippen LogP contribution is -2.33. The topological polar surface area (TPSA) is 52.3 Å². The quantitative estimate of drug-likeness (QED) is 0.617. The summed E-state index contributed by atoms with van der Waals surface area (Å²) in [6, 6.07) is 0. The molecule has 0 aromatic heterocycles. The summed E-state index contributed by atoms with van der Waals surface area (Å²) in [6.07, 6.45) is 7.00. The molecule has 3 heteroatoms. The van der Waals surface area contributed by atoms with E-state index in [-0.39, 0.29) is 17.9 Å². The van der Waals surface area contributed by atoms with Crippen molar-refractivity contribution in [2.75, 3.05) is 7.11 Å². The van der Waals surface area contributed by atoms with Crippen molar-refractivity contribution in [3.05, 3.63) is 24.3 Å². The van der Waals surface area contributed by atoms with Crippen LogP contribution in [0.25, 0.3) is 0 Å². The van der Waals surface area contributed by atoms with Gasteiger partial charge in [0.05, 0.1) is 12.0 Å². The highest BCUT2D eigenvalue weighted by Gasteiger charge is 2.22. The summed E-state index contributed by atoms with van der Waals surface area (Å²) < 4.78 is 5.03. The van der Waals surface area contributed by atoms with Gasteiger partial charge in [0.25, 0.3) is 0 Å². The molecule has 11 heavy (non-hydrogen) atoms. The molecule has 0 aromatic carbocycles. The largest absolute Gasteiger partial charge is 0.376 e. The van der Waals surface area contributed by atoms with Gasteiger partial charge in [0.15, 0.2) is 0 Å². The van der Waals surface area contributed by atoms with Gasteiger partial charge in [0.2, 0.25) is 5.91 Å². The first-order valence-corrected chi connectivity index (χ1v) is 3.43. The average Bonchev–Trinajstić information content (AvgIpc) is 2.04. The van der Waals surface area contributed by atoms with Gasteiger partial charge in [-0.25, -0.2) is 0 Å². The molecule has 1 aliphatic rings. The molecular formula is C8H11NO2. The van der Waals surface area contributed by atoms with Crippen LogP contribution < -0.4 is 5.73 Å². The highest BCUT2D eigenvalue weighted by atomic mass is 16.5. The van der Waals surface area contributed by atoms with E-state index in [1.165, 1.54) is 0 Å². The van der Waals surface area contributed by atoms with E-state index in [1.807, 2.05) is 12.2 Å². The zero-order valence-electron chi connectivity index (χ0n) is 6.36. The van der Waals surface area contributed by atoms with Crippen molar-refractivity contribution in [3.8, 4) is 0 Å². The summed E-state index contributed by atoms with van der Waals surface area (Å²) >= 11 is 0. The highest BCUT2D eigenvalue weighted by Crippen LogP contribution is 2.14. The van der Waals surface area contributed by atoms with Gasteiger partial charge in [-0.15, -0.1) is 0 Å². The Morgan fingerprint density at radius 2 is 2.09 bits per heavy atom. The number of hydrogen-bond acceptors (Lipinski definition) is 2. The Morgan fingerprint density at radius 3 is 2.55 bits per heavy atom. The highest BCUT2D eigenvalue weighted by molar-refractivity contribution is 5.79. The predicted octanol–water partition coefficient (Wildman–Crippen LogP) is 0.229. The average molecular weight is 153 g/mol. The Bertz CT molecular complexity index is 208. The van der Waals surface area contributed by atoms with E-state index in [0.29, 0.717) is 0 Å². The molecule has 0 spiro atoms. The van der Waals surface area contributed by atoms with Gasteiger partial charge in [0, 0.05) is 7.11 Å². The molecular weight excluding hydrogens is 142 g/mol. The first kappa shape index (κ1) is 8.01. The van der Waals surface area contributed by atoms with Gasteiger partial charge in [-0.2, -0.15) is 0 Å². The zero-order chi connectivity index (χ0) is 8.27. The van der Waals surface area contributed by atoms with Crippen molar-refractivity contribution in [1.29, 1.82) is 0 Å². The number of rotatable bonds is 2. The van der Waals surface area contributed by atoms with Crippen LogP contribution in [0.15, 0.2) is 24.3 Å². The van der Waals surface area contributed by atoms with Crippen LogP contribution in [0, 0.1) is 5.92 Å². The molecule has 3 nitrogen and oxygen atoms in total. The molecule has 1 aliphatic carbocycles. The molecule has 0 saturated heterocycles. The van der Waals surface area contributed by atoms with Crippen LogP contribution in [0.5, 0.6) is 0 Å². The SMILES string of the molecule is COC1C=CC=CC1C(N)=O. The summed E-state index contributed by atoms with van der Waals surface area (Å²) in [6.45, 7) is 0. The molecule has 1 rings (SSSR count). The summed E-state index contributed by atoms with van der Waals surface area (Å²) in [5, 5.41) is 0. The van der Waals surface area contributed by atoms with E-state index in [1.54, 1.807) is 19.3 Å².